The van der Waals surface area contributed by atoms with Gasteiger partial charge in [-0.25, -0.2) is 0 Å². The van der Waals surface area contributed by atoms with Crippen molar-refractivity contribution in [3.63, 3.8) is 0 Å². The average molecular weight is 351 g/mol. The Hall–Kier alpha value is -1.97. The summed E-state index contributed by atoms with van der Waals surface area (Å²) in [5.41, 5.74) is 0. The zero-order valence-electron chi connectivity index (χ0n) is 14.7. The molecule has 9 heteroatoms. The number of ether oxygens (including phenoxy) is 1. The van der Waals surface area contributed by atoms with Crippen molar-refractivity contribution in [2.45, 2.75) is 26.0 Å². The molecule has 2 saturated heterocycles. The van der Waals surface area contributed by atoms with Crippen molar-refractivity contribution < 1.29 is 18.8 Å². The number of hydrogen-bond acceptors (Lipinski definition) is 7. The lowest BCUT2D eigenvalue weighted by Crippen LogP contribution is -2.60. The van der Waals surface area contributed by atoms with E-state index in [4.69, 9.17) is 9.26 Å². The van der Waals surface area contributed by atoms with E-state index in [0.29, 0.717) is 50.9 Å². The molecule has 2 amide bonds. The van der Waals surface area contributed by atoms with Crippen molar-refractivity contribution >= 4 is 17.6 Å². The summed E-state index contributed by atoms with van der Waals surface area (Å²) in [5.74, 6) is 1.02. The first kappa shape index (κ1) is 17.8. The minimum absolute atomic E-state index is 0.0781. The number of aromatic nitrogens is 1. The molecule has 2 aliphatic rings. The van der Waals surface area contributed by atoms with Gasteiger partial charge in [0, 0.05) is 38.8 Å². The predicted octanol–water partition coefficient (Wildman–Crippen LogP) is -0.557. The van der Waals surface area contributed by atoms with E-state index in [-0.39, 0.29) is 30.5 Å². The molecule has 0 aliphatic carbocycles. The van der Waals surface area contributed by atoms with Crippen molar-refractivity contribution in [2.24, 2.45) is 0 Å². The van der Waals surface area contributed by atoms with Gasteiger partial charge in [0.15, 0.2) is 5.82 Å². The Morgan fingerprint density at radius 1 is 1.36 bits per heavy atom. The number of hydrogen-bond donors (Lipinski definition) is 2. The van der Waals surface area contributed by atoms with Crippen LogP contribution >= 0.6 is 0 Å². The summed E-state index contributed by atoms with van der Waals surface area (Å²) in [7, 11) is 0. The number of nitrogens with zero attached hydrogens (tertiary/aromatic N) is 3. The number of piperazine rings is 1. The molecule has 1 aromatic rings. The van der Waals surface area contributed by atoms with Crippen molar-refractivity contribution in [3.8, 4) is 0 Å². The lowest BCUT2D eigenvalue weighted by Gasteiger charge is -2.38. The highest BCUT2D eigenvalue weighted by Gasteiger charge is 2.33. The molecule has 25 heavy (non-hydrogen) atoms. The molecule has 3 rings (SSSR count). The van der Waals surface area contributed by atoms with E-state index in [1.165, 1.54) is 0 Å². The number of amides is 2. The first-order chi connectivity index (χ1) is 12.0. The van der Waals surface area contributed by atoms with Gasteiger partial charge in [-0.05, 0) is 13.8 Å². The maximum Gasteiger partial charge on any atom is 0.242 e. The number of rotatable bonds is 4. The SMILES string of the molecule is Cc1cc(NC(=O)CN2CCN(C(=O)[C@H]3NCCO[C@@H]3C)CC2)no1. The molecule has 0 aromatic carbocycles. The molecule has 0 bridgehead atoms. The van der Waals surface area contributed by atoms with Gasteiger partial charge in [-0.15, -0.1) is 0 Å². The Bertz CT molecular complexity index is 611. The van der Waals surface area contributed by atoms with Crippen LogP contribution in [0, 0.1) is 6.92 Å². The third-order valence-corrected chi connectivity index (χ3v) is 4.53. The first-order valence-corrected chi connectivity index (χ1v) is 8.62. The standard InChI is InChI=1S/C16H25N5O4/c1-11-9-13(19-25-11)18-14(22)10-20-4-6-21(7-5-20)16(23)15-12(2)24-8-3-17-15/h9,12,15,17H,3-8,10H2,1-2H3,(H,18,19,22)/t12-,15+/m1/s1. The molecule has 2 atom stereocenters. The van der Waals surface area contributed by atoms with Gasteiger partial charge in [0.25, 0.3) is 0 Å². The van der Waals surface area contributed by atoms with Crippen LogP contribution in [0.5, 0.6) is 0 Å². The van der Waals surface area contributed by atoms with Crippen LogP contribution in [0.1, 0.15) is 12.7 Å². The van der Waals surface area contributed by atoms with Crippen LogP contribution in [0.2, 0.25) is 0 Å². The highest BCUT2D eigenvalue weighted by atomic mass is 16.5. The Labute approximate surface area is 146 Å². The summed E-state index contributed by atoms with van der Waals surface area (Å²) >= 11 is 0. The lowest BCUT2D eigenvalue weighted by atomic mass is 10.1. The van der Waals surface area contributed by atoms with E-state index >= 15 is 0 Å². The van der Waals surface area contributed by atoms with Crippen LogP contribution < -0.4 is 10.6 Å². The fraction of sp³-hybridized carbons (Fsp3) is 0.688. The molecular formula is C16H25N5O4. The molecule has 0 radical (unpaired) electrons. The van der Waals surface area contributed by atoms with Crippen LogP contribution in [0.3, 0.4) is 0 Å². The lowest BCUT2D eigenvalue weighted by molar-refractivity contribution is -0.141. The Morgan fingerprint density at radius 2 is 2.12 bits per heavy atom. The van der Waals surface area contributed by atoms with Crippen LogP contribution in [-0.2, 0) is 14.3 Å². The predicted molar refractivity (Wildman–Crippen MR) is 90.1 cm³/mol. The second-order valence-electron chi connectivity index (χ2n) is 6.48. The maximum absolute atomic E-state index is 12.6. The smallest absolute Gasteiger partial charge is 0.242 e. The highest BCUT2D eigenvalue weighted by Crippen LogP contribution is 2.11. The second kappa shape index (κ2) is 7.94. The average Bonchev–Trinajstić information content (AvgIpc) is 3.00. The topological polar surface area (TPSA) is 99.9 Å². The van der Waals surface area contributed by atoms with Crippen molar-refractivity contribution in [3.05, 3.63) is 11.8 Å². The number of carbonyl (C=O) groups excluding carboxylic acids is 2. The molecule has 0 spiro atoms. The first-order valence-electron chi connectivity index (χ1n) is 8.62. The molecule has 1 aromatic heterocycles. The minimum Gasteiger partial charge on any atom is -0.375 e. The largest absolute Gasteiger partial charge is 0.375 e. The highest BCUT2D eigenvalue weighted by molar-refractivity contribution is 5.91. The van der Waals surface area contributed by atoms with E-state index in [9.17, 15) is 9.59 Å². The molecule has 0 saturated carbocycles. The molecule has 2 aliphatic heterocycles. The monoisotopic (exact) mass is 351 g/mol. The normalized spacial score (nSPS) is 25.0. The van der Waals surface area contributed by atoms with E-state index < -0.39 is 0 Å². The Morgan fingerprint density at radius 3 is 2.76 bits per heavy atom. The van der Waals surface area contributed by atoms with Gasteiger partial charge in [0.05, 0.1) is 19.3 Å². The minimum atomic E-state index is -0.279. The molecule has 9 nitrogen and oxygen atoms in total. The third kappa shape index (κ3) is 4.56. The fourth-order valence-electron chi connectivity index (χ4n) is 3.14. The van der Waals surface area contributed by atoms with Crippen LogP contribution in [-0.4, -0.2) is 84.8 Å². The van der Waals surface area contributed by atoms with Crippen LogP contribution in [0.15, 0.2) is 10.6 Å². The zero-order valence-corrected chi connectivity index (χ0v) is 14.7. The molecule has 2 fully saturated rings. The van der Waals surface area contributed by atoms with Gasteiger partial charge in [-0.3, -0.25) is 14.5 Å². The summed E-state index contributed by atoms with van der Waals surface area (Å²) in [6.45, 7) is 7.85. The summed E-state index contributed by atoms with van der Waals surface area (Å²) in [6.07, 6.45) is -0.115. The van der Waals surface area contributed by atoms with E-state index in [0.717, 1.165) is 0 Å². The molecule has 0 unspecified atom stereocenters. The number of nitrogens with one attached hydrogen (secondary N) is 2. The van der Waals surface area contributed by atoms with Gasteiger partial charge >= 0.3 is 0 Å². The Balaban J connectivity index is 1.43. The quantitative estimate of drug-likeness (QED) is 0.750. The number of carbonyl (C=O) groups is 2. The van der Waals surface area contributed by atoms with E-state index in [1.807, 2.05) is 16.7 Å². The molecular weight excluding hydrogens is 326 g/mol. The van der Waals surface area contributed by atoms with Crippen LogP contribution in [0.4, 0.5) is 5.82 Å². The summed E-state index contributed by atoms with van der Waals surface area (Å²) in [5, 5.41) is 9.68. The van der Waals surface area contributed by atoms with Crippen LogP contribution in [0.25, 0.3) is 0 Å². The number of morpholine rings is 1. The number of anilines is 1. The van der Waals surface area contributed by atoms with E-state index in [2.05, 4.69) is 15.8 Å². The Kier molecular flexibility index (Phi) is 5.67. The van der Waals surface area contributed by atoms with Crippen molar-refractivity contribution in [1.29, 1.82) is 0 Å². The summed E-state index contributed by atoms with van der Waals surface area (Å²) < 4.78 is 10.5. The van der Waals surface area contributed by atoms with Crippen molar-refractivity contribution in [1.82, 2.24) is 20.3 Å². The van der Waals surface area contributed by atoms with Gasteiger partial charge in [-0.1, -0.05) is 5.16 Å². The third-order valence-electron chi connectivity index (χ3n) is 4.53. The van der Waals surface area contributed by atoms with Gasteiger partial charge in [-0.2, -0.15) is 0 Å². The second-order valence-corrected chi connectivity index (χ2v) is 6.48. The van der Waals surface area contributed by atoms with Crippen molar-refractivity contribution in [2.75, 3.05) is 51.2 Å². The fourth-order valence-corrected chi connectivity index (χ4v) is 3.14. The van der Waals surface area contributed by atoms with Gasteiger partial charge in [0.1, 0.15) is 11.8 Å². The zero-order chi connectivity index (χ0) is 17.8. The summed E-state index contributed by atoms with van der Waals surface area (Å²) in [4.78, 5) is 28.5. The van der Waals surface area contributed by atoms with Gasteiger partial charge < -0.3 is 24.8 Å². The number of aryl methyl sites for hydroxylation is 1. The molecule has 138 valence electrons. The van der Waals surface area contributed by atoms with Gasteiger partial charge in [0.2, 0.25) is 11.8 Å². The van der Waals surface area contributed by atoms with E-state index in [1.54, 1.807) is 13.0 Å². The molecule has 3 heterocycles. The molecule has 2 N–H and O–H groups in total. The maximum atomic E-state index is 12.6. The summed E-state index contributed by atoms with van der Waals surface area (Å²) in [6, 6.07) is 1.40.